The van der Waals surface area contributed by atoms with Crippen molar-refractivity contribution in [1.82, 2.24) is 0 Å². The summed E-state index contributed by atoms with van der Waals surface area (Å²) in [5.41, 5.74) is -0.00799. The average Bonchev–Trinajstić information content (AvgIpc) is 2.84. The number of halogens is 2. The maximum Gasteiger partial charge on any atom is 0.212 e. The average molecular weight is 327 g/mol. The first-order valence-corrected chi connectivity index (χ1v) is 7.34. The molecule has 1 aromatic heterocycles. The molecule has 0 saturated carbocycles. The van der Waals surface area contributed by atoms with Crippen LogP contribution in [-0.4, -0.2) is 17.7 Å². The van der Waals surface area contributed by atoms with Crippen LogP contribution in [0.2, 0.25) is 4.34 Å². The number of thiophene rings is 1. The van der Waals surface area contributed by atoms with Crippen LogP contribution >= 0.6 is 22.9 Å². The molecular formula is C15H12ClFO3S. The van der Waals surface area contributed by atoms with Crippen LogP contribution < -0.4 is 4.74 Å². The summed E-state index contributed by atoms with van der Waals surface area (Å²) in [6.45, 7) is 2.86. The summed E-state index contributed by atoms with van der Waals surface area (Å²) >= 11 is 6.94. The van der Waals surface area contributed by atoms with Gasteiger partial charge in [-0.25, -0.2) is 4.39 Å². The topological polar surface area (TPSA) is 43.4 Å². The van der Waals surface area contributed by atoms with Gasteiger partial charge < -0.3 is 4.74 Å². The molecule has 2 aromatic rings. The van der Waals surface area contributed by atoms with E-state index in [0.29, 0.717) is 9.21 Å². The van der Waals surface area contributed by atoms with Crippen molar-refractivity contribution in [3.05, 3.63) is 50.9 Å². The molecule has 0 fully saturated rings. The molecule has 110 valence electrons. The second kappa shape index (κ2) is 6.37. The standard InChI is InChI=1S/C15H12ClFO3S/c1-8(18)11-4-3-10(7-12(11)17)20-9(2)15(19)13-5-6-14(16)21-13/h3-7,9H,1-2H3. The largest absolute Gasteiger partial charge is 0.482 e. The Bertz CT molecular complexity index is 696. The monoisotopic (exact) mass is 326 g/mol. The number of rotatable bonds is 5. The Morgan fingerprint density at radius 2 is 2.00 bits per heavy atom. The highest BCUT2D eigenvalue weighted by Gasteiger charge is 2.19. The van der Waals surface area contributed by atoms with Crippen molar-refractivity contribution in [2.75, 3.05) is 0 Å². The minimum atomic E-state index is -0.776. The van der Waals surface area contributed by atoms with Crippen LogP contribution in [0.3, 0.4) is 0 Å². The Kier molecular flexibility index (Phi) is 4.75. The molecule has 0 bridgehead atoms. The number of ketones is 2. The van der Waals surface area contributed by atoms with E-state index in [-0.39, 0.29) is 22.9 Å². The molecule has 1 heterocycles. The van der Waals surface area contributed by atoms with Crippen molar-refractivity contribution >= 4 is 34.5 Å². The molecule has 2 rings (SSSR count). The maximum absolute atomic E-state index is 13.7. The Hall–Kier alpha value is -1.72. The maximum atomic E-state index is 13.7. The smallest absolute Gasteiger partial charge is 0.212 e. The van der Waals surface area contributed by atoms with Gasteiger partial charge in [-0.1, -0.05) is 11.6 Å². The number of hydrogen-bond acceptors (Lipinski definition) is 4. The Labute approximate surface area is 130 Å². The second-order valence-electron chi connectivity index (χ2n) is 4.43. The molecule has 1 aromatic carbocycles. The second-order valence-corrected chi connectivity index (χ2v) is 6.14. The summed E-state index contributed by atoms with van der Waals surface area (Å²) in [6.07, 6.45) is -0.776. The van der Waals surface area contributed by atoms with E-state index >= 15 is 0 Å². The van der Waals surface area contributed by atoms with Gasteiger partial charge in [0.15, 0.2) is 11.9 Å². The third kappa shape index (κ3) is 3.68. The van der Waals surface area contributed by atoms with Crippen LogP contribution in [0.5, 0.6) is 5.75 Å². The zero-order valence-corrected chi connectivity index (χ0v) is 12.9. The lowest BCUT2D eigenvalue weighted by Gasteiger charge is -2.13. The van der Waals surface area contributed by atoms with Gasteiger partial charge in [-0.05, 0) is 38.1 Å². The molecule has 0 spiro atoms. The quantitative estimate of drug-likeness (QED) is 0.765. The summed E-state index contributed by atoms with van der Waals surface area (Å²) in [5.74, 6) is -1.07. The number of Topliss-reactive ketones (excluding diaryl/α,β-unsaturated/α-hetero) is 2. The molecule has 1 atom stereocenters. The van der Waals surface area contributed by atoms with Gasteiger partial charge in [-0.3, -0.25) is 9.59 Å². The molecule has 0 radical (unpaired) electrons. The van der Waals surface area contributed by atoms with Gasteiger partial charge >= 0.3 is 0 Å². The molecule has 0 amide bonds. The summed E-state index contributed by atoms with van der Waals surface area (Å²) in [5, 5.41) is 0. The lowest BCUT2D eigenvalue weighted by atomic mass is 10.1. The number of benzene rings is 1. The van der Waals surface area contributed by atoms with Crippen molar-refractivity contribution in [3.63, 3.8) is 0 Å². The fourth-order valence-corrected chi connectivity index (χ4v) is 2.82. The number of carbonyl (C=O) groups excluding carboxylic acids is 2. The van der Waals surface area contributed by atoms with Gasteiger partial charge in [0.2, 0.25) is 5.78 Å². The minimum absolute atomic E-state index is 0.00799. The third-order valence-electron chi connectivity index (χ3n) is 2.82. The van der Waals surface area contributed by atoms with Gasteiger partial charge in [0.25, 0.3) is 0 Å². The van der Waals surface area contributed by atoms with Gasteiger partial charge in [0.1, 0.15) is 11.6 Å². The van der Waals surface area contributed by atoms with E-state index < -0.39 is 11.9 Å². The highest BCUT2D eigenvalue weighted by atomic mass is 35.5. The predicted molar refractivity (Wildman–Crippen MR) is 80.2 cm³/mol. The number of ether oxygens (including phenoxy) is 1. The van der Waals surface area contributed by atoms with Gasteiger partial charge in [0, 0.05) is 6.07 Å². The molecule has 0 aliphatic heterocycles. The van der Waals surface area contributed by atoms with E-state index in [1.54, 1.807) is 19.1 Å². The fraction of sp³-hybridized carbons (Fsp3) is 0.200. The van der Waals surface area contributed by atoms with E-state index in [4.69, 9.17) is 16.3 Å². The van der Waals surface area contributed by atoms with E-state index in [2.05, 4.69) is 0 Å². The van der Waals surface area contributed by atoms with Crippen LogP contribution in [0.15, 0.2) is 30.3 Å². The molecule has 0 N–H and O–H groups in total. The lowest BCUT2D eigenvalue weighted by molar-refractivity contribution is 0.0821. The van der Waals surface area contributed by atoms with Crippen molar-refractivity contribution < 1.29 is 18.7 Å². The van der Waals surface area contributed by atoms with Crippen molar-refractivity contribution in [2.24, 2.45) is 0 Å². The van der Waals surface area contributed by atoms with Crippen LogP contribution in [0.1, 0.15) is 33.9 Å². The SMILES string of the molecule is CC(=O)c1ccc(OC(C)C(=O)c2ccc(Cl)s2)cc1F. The summed E-state index contributed by atoms with van der Waals surface area (Å²) in [4.78, 5) is 23.7. The van der Waals surface area contributed by atoms with Gasteiger partial charge in [-0.2, -0.15) is 0 Å². The van der Waals surface area contributed by atoms with Crippen LogP contribution in [0, 0.1) is 5.82 Å². The number of hydrogen-bond donors (Lipinski definition) is 0. The first-order chi connectivity index (χ1) is 9.88. The summed E-state index contributed by atoms with van der Waals surface area (Å²) in [6, 6.07) is 7.15. The van der Waals surface area contributed by atoms with E-state index in [0.717, 1.165) is 17.4 Å². The van der Waals surface area contributed by atoms with Gasteiger partial charge in [-0.15, -0.1) is 11.3 Å². The van der Waals surface area contributed by atoms with Crippen LogP contribution in [-0.2, 0) is 0 Å². The molecule has 6 heteroatoms. The normalized spacial score (nSPS) is 12.0. The molecule has 21 heavy (non-hydrogen) atoms. The van der Waals surface area contributed by atoms with Crippen LogP contribution in [0.25, 0.3) is 0 Å². The Morgan fingerprint density at radius 1 is 1.29 bits per heavy atom. The first kappa shape index (κ1) is 15.7. The predicted octanol–water partition coefficient (Wildman–Crippen LogP) is 4.39. The zero-order chi connectivity index (χ0) is 15.6. The zero-order valence-electron chi connectivity index (χ0n) is 11.4. The molecular weight excluding hydrogens is 315 g/mol. The van der Waals surface area contributed by atoms with Crippen molar-refractivity contribution in [3.8, 4) is 5.75 Å². The number of carbonyl (C=O) groups is 2. The Morgan fingerprint density at radius 3 is 2.52 bits per heavy atom. The van der Waals surface area contributed by atoms with Crippen molar-refractivity contribution in [1.29, 1.82) is 0 Å². The summed E-state index contributed by atoms with van der Waals surface area (Å²) < 4.78 is 19.6. The first-order valence-electron chi connectivity index (χ1n) is 6.15. The van der Waals surface area contributed by atoms with E-state index in [1.807, 2.05) is 0 Å². The summed E-state index contributed by atoms with van der Waals surface area (Å²) in [7, 11) is 0. The highest BCUT2D eigenvalue weighted by molar-refractivity contribution is 7.18. The minimum Gasteiger partial charge on any atom is -0.482 e. The highest BCUT2D eigenvalue weighted by Crippen LogP contribution is 2.24. The fourth-order valence-electron chi connectivity index (χ4n) is 1.76. The molecule has 0 aliphatic rings. The van der Waals surface area contributed by atoms with E-state index in [1.165, 1.54) is 19.1 Å². The lowest BCUT2D eigenvalue weighted by Crippen LogP contribution is -2.23. The van der Waals surface area contributed by atoms with Crippen LogP contribution in [0.4, 0.5) is 4.39 Å². The van der Waals surface area contributed by atoms with Crippen molar-refractivity contribution in [2.45, 2.75) is 20.0 Å². The third-order valence-corrected chi connectivity index (χ3v) is 4.06. The molecule has 3 nitrogen and oxygen atoms in total. The van der Waals surface area contributed by atoms with Gasteiger partial charge in [0.05, 0.1) is 14.8 Å². The molecule has 0 saturated heterocycles. The van der Waals surface area contributed by atoms with E-state index in [9.17, 15) is 14.0 Å². The Balaban J connectivity index is 2.12. The molecule has 1 unspecified atom stereocenters. The molecule has 0 aliphatic carbocycles.